The number of rotatable bonds is 5. The zero-order valence-electron chi connectivity index (χ0n) is 12.2. The summed E-state index contributed by atoms with van der Waals surface area (Å²) < 4.78 is 0. The van der Waals surface area contributed by atoms with Gasteiger partial charge in [0.15, 0.2) is 0 Å². The Hall–Kier alpha value is -1.39. The summed E-state index contributed by atoms with van der Waals surface area (Å²) in [4.78, 5) is 13.9. The molecular weight excluding hydrogens is 250 g/mol. The van der Waals surface area contributed by atoms with Gasteiger partial charge in [-0.2, -0.15) is 0 Å². The fraction of sp³-hybridized carbons (Fsp3) is 0.562. The molecule has 2 rings (SSSR count). The average Bonchev–Trinajstić information content (AvgIpc) is 2.47. The number of hydrogen-bond donors (Lipinski definition) is 2. The predicted octanol–water partition coefficient (Wildman–Crippen LogP) is 1.36. The third-order valence-corrected chi connectivity index (χ3v) is 3.93. The number of piperidine rings is 1. The van der Waals surface area contributed by atoms with Crippen LogP contribution < -0.4 is 11.1 Å². The summed E-state index contributed by atoms with van der Waals surface area (Å²) in [6, 6.07) is 10.2. The zero-order valence-corrected chi connectivity index (χ0v) is 12.2. The third-order valence-electron chi connectivity index (χ3n) is 3.93. The van der Waals surface area contributed by atoms with E-state index in [9.17, 15) is 4.79 Å². The fourth-order valence-corrected chi connectivity index (χ4v) is 2.60. The van der Waals surface area contributed by atoms with Gasteiger partial charge in [-0.15, -0.1) is 0 Å². The molecule has 1 fully saturated rings. The van der Waals surface area contributed by atoms with E-state index in [1.54, 1.807) is 6.92 Å². The molecule has 4 heteroatoms. The Labute approximate surface area is 121 Å². The van der Waals surface area contributed by atoms with Crippen molar-refractivity contribution in [2.75, 3.05) is 19.6 Å². The predicted molar refractivity (Wildman–Crippen MR) is 81.1 cm³/mol. The minimum absolute atomic E-state index is 0.0447. The second-order valence-corrected chi connectivity index (χ2v) is 5.74. The van der Waals surface area contributed by atoms with Crippen molar-refractivity contribution in [2.45, 2.75) is 32.4 Å². The lowest BCUT2D eigenvalue weighted by molar-refractivity contribution is -0.122. The Bertz CT molecular complexity index is 411. The lowest BCUT2D eigenvalue weighted by Crippen LogP contribution is -2.43. The molecule has 20 heavy (non-hydrogen) atoms. The number of hydrogen-bond acceptors (Lipinski definition) is 3. The highest BCUT2D eigenvalue weighted by atomic mass is 16.2. The topological polar surface area (TPSA) is 58.4 Å². The van der Waals surface area contributed by atoms with Crippen LogP contribution in [-0.2, 0) is 11.3 Å². The first kappa shape index (κ1) is 15.0. The van der Waals surface area contributed by atoms with Crippen LogP contribution in [0.5, 0.6) is 0 Å². The molecule has 1 aromatic rings. The normalized spacial score (nSPS) is 18.7. The van der Waals surface area contributed by atoms with E-state index in [0.29, 0.717) is 5.92 Å². The number of amides is 1. The van der Waals surface area contributed by atoms with E-state index in [4.69, 9.17) is 5.73 Å². The maximum atomic E-state index is 11.4. The monoisotopic (exact) mass is 275 g/mol. The van der Waals surface area contributed by atoms with E-state index in [2.05, 4.69) is 40.5 Å². The van der Waals surface area contributed by atoms with Crippen LogP contribution in [-0.4, -0.2) is 36.5 Å². The van der Waals surface area contributed by atoms with Crippen LogP contribution in [0.4, 0.5) is 0 Å². The molecule has 1 heterocycles. The average molecular weight is 275 g/mol. The number of likely N-dealkylation sites (tertiary alicyclic amines) is 1. The minimum atomic E-state index is -0.409. The molecule has 1 aliphatic rings. The van der Waals surface area contributed by atoms with E-state index in [1.165, 1.54) is 5.56 Å². The number of carbonyl (C=O) groups is 1. The first-order chi connectivity index (χ1) is 9.65. The van der Waals surface area contributed by atoms with E-state index < -0.39 is 6.04 Å². The van der Waals surface area contributed by atoms with E-state index >= 15 is 0 Å². The lowest BCUT2D eigenvalue weighted by atomic mass is 9.96. The maximum Gasteiger partial charge on any atom is 0.236 e. The molecule has 0 unspecified atom stereocenters. The van der Waals surface area contributed by atoms with Crippen LogP contribution in [0, 0.1) is 5.92 Å². The third kappa shape index (κ3) is 4.62. The Morgan fingerprint density at radius 3 is 2.60 bits per heavy atom. The van der Waals surface area contributed by atoms with Crippen molar-refractivity contribution in [2.24, 2.45) is 11.7 Å². The molecule has 1 aliphatic heterocycles. The number of benzene rings is 1. The zero-order chi connectivity index (χ0) is 14.4. The van der Waals surface area contributed by atoms with Crippen LogP contribution in [0.2, 0.25) is 0 Å². The fourth-order valence-electron chi connectivity index (χ4n) is 2.60. The number of nitrogens with two attached hydrogens (primary N) is 1. The molecule has 110 valence electrons. The van der Waals surface area contributed by atoms with Crippen molar-refractivity contribution >= 4 is 5.91 Å². The standard InChI is InChI=1S/C16H25N3O/c1-13(17)16(20)18-11-14-7-9-19(10-8-14)12-15-5-3-2-4-6-15/h2-6,13-14H,7-12,17H2,1H3,(H,18,20)/t13-/m1/s1. The summed E-state index contributed by atoms with van der Waals surface area (Å²) in [5, 5.41) is 2.93. The lowest BCUT2D eigenvalue weighted by Gasteiger charge is -2.32. The Kier molecular flexibility index (Phi) is 5.56. The molecule has 0 bridgehead atoms. The molecular formula is C16H25N3O. The van der Waals surface area contributed by atoms with Gasteiger partial charge in [-0.05, 0) is 44.3 Å². The summed E-state index contributed by atoms with van der Waals surface area (Å²) in [6.45, 7) is 5.72. The van der Waals surface area contributed by atoms with Crippen LogP contribution in [0.1, 0.15) is 25.3 Å². The molecule has 0 spiro atoms. The Morgan fingerprint density at radius 1 is 1.35 bits per heavy atom. The number of carbonyl (C=O) groups excluding carboxylic acids is 1. The maximum absolute atomic E-state index is 11.4. The van der Waals surface area contributed by atoms with Crippen LogP contribution >= 0.6 is 0 Å². The van der Waals surface area contributed by atoms with Crippen molar-refractivity contribution in [1.82, 2.24) is 10.2 Å². The summed E-state index contributed by atoms with van der Waals surface area (Å²) in [5.41, 5.74) is 6.91. The molecule has 1 saturated heterocycles. The van der Waals surface area contributed by atoms with Crippen molar-refractivity contribution in [3.05, 3.63) is 35.9 Å². The molecule has 4 nitrogen and oxygen atoms in total. The highest BCUT2D eigenvalue weighted by molar-refractivity contribution is 5.80. The molecule has 3 N–H and O–H groups in total. The Morgan fingerprint density at radius 2 is 2.00 bits per heavy atom. The van der Waals surface area contributed by atoms with Gasteiger partial charge in [-0.3, -0.25) is 9.69 Å². The van der Waals surface area contributed by atoms with Crippen molar-refractivity contribution < 1.29 is 4.79 Å². The van der Waals surface area contributed by atoms with E-state index in [1.807, 2.05) is 0 Å². The molecule has 1 aromatic carbocycles. The summed E-state index contributed by atoms with van der Waals surface area (Å²) in [5.74, 6) is 0.543. The number of nitrogens with one attached hydrogen (secondary N) is 1. The van der Waals surface area contributed by atoms with Crippen LogP contribution in [0.25, 0.3) is 0 Å². The summed E-state index contributed by atoms with van der Waals surface area (Å²) >= 11 is 0. The second kappa shape index (κ2) is 7.41. The van der Waals surface area contributed by atoms with E-state index in [-0.39, 0.29) is 5.91 Å². The van der Waals surface area contributed by atoms with Crippen molar-refractivity contribution in [1.29, 1.82) is 0 Å². The van der Waals surface area contributed by atoms with E-state index in [0.717, 1.165) is 39.0 Å². The first-order valence-electron chi connectivity index (χ1n) is 7.44. The Balaban J connectivity index is 1.69. The summed E-state index contributed by atoms with van der Waals surface area (Å²) in [7, 11) is 0. The van der Waals surface area contributed by atoms with Gasteiger partial charge in [-0.1, -0.05) is 30.3 Å². The van der Waals surface area contributed by atoms with Crippen LogP contribution in [0.3, 0.4) is 0 Å². The molecule has 0 radical (unpaired) electrons. The second-order valence-electron chi connectivity index (χ2n) is 5.74. The van der Waals surface area contributed by atoms with Crippen LogP contribution in [0.15, 0.2) is 30.3 Å². The van der Waals surface area contributed by atoms with Gasteiger partial charge < -0.3 is 11.1 Å². The van der Waals surface area contributed by atoms with Gasteiger partial charge >= 0.3 is 0 Å². The summed E-state index contributed by atoms with van der Waals surface area (Å²) in [6.07, 6.45) is 2.29. The van der Waals surface area contributed by atoms with Crippen molar-refractivity contribution in [3.63, 3.8) is 0 Å². The van der Waals surface area contributed by atoms with Gasteiger partial charge in [0.2, 0.25) is 5.91 Å². The molecule has 0 aromatic heterocycles. The highest BCUT2D eigenvalue weighted by Gasteiger charge is 2.20. The highest BCUT2D eigenvalue weighted by Crippen LogP contribution is 2.18. The largest absolute Gasteiger partial charge is 0.354 e. The van der Waals surface area contributed by atoms with Gasteiger partial charge in [0, 0.05) is 13.1 Å². The van der Waals surface area contributed by atoms with Crippen molar-refractivity contribution in [3.8, 4) is 0 Å². The molecule has 0 aliphatic carbocycles. The van der Waals surface area contributed by atoms with Gasteiger partial charge in [0.25, 0.3) is 0 Å². The molecule has 1 atom stereocenters. The van der Waals surface area contributed by atoms with Gasteiger partial charge in [0.05, 0.1) is 6.04 Å². The molecule has 0 saturated carbocycles. The smallest absolute Gasteiger partial charge is 0.236 e. The minimum Gasteiger partial charge on any atom is -0.354 e. The quantitative estimate of drug-likeness (QED) is 0.853. The number of nitrogens with zero attached hydrogens (tertiary/aromatic N) is 1. The van der Waals surface area contributed by atoms with Gasteiger partial charge in [-0.25, -0.2) is 0 Å². The first-order valence-corrected chi connectivity index (χ1v) is 7.44. The van der Waals surface area contributed by atoms with Gasteiger partial charge in [0.1, 0.15) is 0 Å². The molecule has 1 amide bonds. The SMILES string of the molecule is C[C@@H](N)C(=O)NCC1CCN(Cc2ccccc2)CC1.